The van der Waals surface area contributed by atoms with Crippen LogP contribution in [0.25, 0.3) is 10.9 Å². The number of nitrogens with zero attached hydrogens (tertiary/aromatic N) is 1. The Labute approximate surface area is 210 Å². The third-order valence-electron chi connectivity index (χ3n) is 6.67. The summed E-state index contributed by atoms with van der Waals surface area (Å²) in [5.41, 5.74) is 3.76. The van der Waals surface area contributed by atoms with E-state index in [2.05, 4.69) is 34.7 Å². The fourth-order valence-corrected chi connectivity index (χ4v) is 4.75. The molecule has 7 nitrogen and oxygen atoms in total. The van der Waals surface area contributed by atoms with Gasteiger partial charge in [0.15, 0.2) is 6.61 Å². The SMILES string of the molecule is COc1cccc(NC(=O)COc2ccc(C(=O)N3CCC(c4c[nH]c5ccccc45)CC3)cc2)c1. The molecule has 36 heavy (non-hydrogen) atoms. The highest BCUT2D eigenvalue weighted by Crippen LogP contribution is 2.33. The van der Waals surface area contributed by atoms with Crippen molar-refractivity contribution in [3.8, 4) is 11.5 Å². The van der Waals surface area contributed by atoms with Crippen molar-refractivity contribution in [1.82, 2.24) is 9.88 Å². The van der Waals surface area contributed by atoms with E-state index >= 15 is 0 Å². The molecule has 0 aliphatic carbocycles. The number of fused-ring (bicyclic) bond motifs is 1. The van der Waals surface area contributed by atoms with Gasteiger partial charge in [-0.05, 0) is 66.8 Å². The van der Waals surface area contributed by atoms with Crippen LogP contribution >= 0.6 is 0 Å². The first-order valence-corrected chi connectivity index (χ1v) is 12.1. The van der Waals surface area contributed by atoms with Crippen LogP contribution in [-0.4, -0.2) is 48.5 Å². The number of aromatic nitrogens is 1. The number of H-pyrrole nitrogens is 1. The summed E-state index contributed by atoms with van der Waals surface area (Å²) in [7, 11) is 1.58. The normalized spacial score (nSPS) is 14.0. The molecule has 184 valence electrons. The minimum absolute atomic E-state index is 0.0229. The van der Waals surface area contributed by atoms with Crippen molar-refractivity contribution < 1.29 is 19.1 Å². The van der Waals surface area contributed by atoms with E-state index in [9.17, 15) is 9.59 Å². The molecule has 0 atom stereocenters. The Hall–Kier alpha value is -4.26. The van der Waals surface area contributed by atoms with Gasteiger partial charge >= 0.3 is 0 Å². The van der Waals surface area contributed by atoms with Crippen LogP contribution in [0.15, 0.2) is 79.0 Å². The molecule has 2 heterocycles. The summed E-state index contributed by atoms with van der Waals surface area (Å²) in [5, 5.41) is 4.05. The van der Waals surface area contributed by atoms with Crippen LogP contribution in [0.1, 0.15) is 34.7 Å². The average Bonchev–Trinajstić information content (AvgIpc) is 3.36. The van der Waals surface area contributed by atoms with Crippen molar-refractivity contribution in [2.24, 2.45) is 0 Å². The molecular formula is C29H29N3O4. The van der Waals surface area contributed by atoms with Crippen molar-refractivity contribution in [3.05, 3.63) is 90.1 Å². The molecule has 3 aromatic carbocycles. The minimum atomic E-state index is -0.276. The molecule has 1 aliphatic heterocycles. The fraction of sp³-hybridized carbons (Fsp3) is 0.241. The predicted molar refractivity (Wildman–Crippen MR) is 140 cm³/mol. The van der Waals surface area contributed by atoms with Crippen LogP contribution in [-0.2, 0) is 4.79 Å². The Morgan fingerprint density at radius 2 is 1.75 bits per heavy atom. The molecule has 0 unspecified atom stereocenters. The van der Waals surface area contributed by atoms with Gasteiger partial charge < -0.3 is 24.7 Å². The Morgan fingerprint density at radius 1 is 0.972 bits per heavy atom. The summed E-state index contributed by atoms with van der Waals surface area (Å²) in [4.78, 5) is 30.5. The maximum absolute atomic E-state index is 13.0. The Morgan fingerprint density at radius 3 is 2.53 bits per heavy atom. The summed E-state index contributed by atoms with van der Waals surface area (Å²) in [6, 6.07) is 22.4. The van der Waals surface area contributed by atoms with E-state index in [4.69, 9.17) is 9.47 Å². The first-order valence-electron chi connectivity index (χ1n) is 12.1. The number of rotatable bonds is 7. The second-order valence-corrected chi connectivity index (χ2v) is 8.95. The zero-order valence-corrected chi connectivity index (χ0v) is 20.2. The molecule has 1 aromatic heterocycles. The summed E-state index contributed by atoms with van der Waals surface area (Å²) in [6.45, 7) is 1.32. The number of para-hydroxylation sites is 1. The quantitative estimate of drug-likeness (QED) is 0.378. The van der Waals surface area contributed by atoms with Gasteiger partial charge in [-0.2, -0.15) is 0 Å². The number of aromatic amines is 1. The van der Waals surface area contributed by atoms with Gasteiger partial charge in [-0.15, -0.1) is 0 Å². The Kier molecular flexibility index (Phi) is 6.89. The lowest BCUT2D eigenvalue weighted by molar-refractivity contribution is -0.118. The van der Waals surface area contributed by atoms with Crippen molar-refractivity contribution in [2.75, 3.05) is 32.1 Å². The molecule has 1 saturated heterocycles. The Balaban J connectivity index is 1.12. The Bertz CT molecular complexity index is 1350. The van der Waals surface area contributed by atoms with Gasteiger partial charge in [0, 0.05) is 47.5 Å². The number of methoxy groups -OCH3 is 1. The molecule has 0 spiro atoms. The molecule has 0 bridgehead atoms. The summed E-state index contributed by atoms with van der Waals surface area (Å²) in [5.74, 6) is 1.39. The van der Waals surface area contributed by atoms with Crippen LogP contribution < -0.4 is 14.8 Å². The van der Waals surface area contributed by atoms with Crippen LogP contribution in [0.5, 0.6) is 11.5 Å². The molecule has 0 saturated carbocycles. The standard InChI is InChI=1S/C29H29N3O4/c1-35-24-6-4-5-22(17-24)31-28(33)19-36-23-11-9-21(10-12-23)29(34)32-15-13-20(14-16-32)26-18-30-27-8-3-2-7-25(26)27/h2-12,17-18,20,30H,13-16,19H2,1H3,(H,31,33). The molecular weight excluding hydrogens is 454 g/mol. The average molecular weight is 484 g/mol. The number of hydrogen-bond acceptors (Lipinski definition) is 4. The molecule has 2 amide bonds. The van der Waals surface area contributed by atoms with E-state index < -0.39 is 0 Å². The van der Waals surface area contributed by atoms with Crippen molar-refractivity contribution in [1.29, 1.82) is 0 Å². The fourth-order valence-electron chi connectivity index (χ4n) is 4.75. The molecule has 0 radical (unpaired) electrons. The van der Waals surface area contributed by atoms with E-state index in [1.165, 1.54) is 10.9 Å². The van der Waals surface area contributed by atoms with Crippen molar-refractivity contribution in [2.45, 2.75) is 18.8 Å². The van der Waals surface area contributed by atoms with Gasteiger partial charge in [-0.25, -0.2) is 0 Å². The number of hydrogen-bond donors (Lipinski definition) is 2. The van der Waals surface area contributed by atoms with Gasteiger partial charge in [0.25, 0.3) is 11.8 Å². The molecule has 4 aromatic rings. The maximum atomic E-state index is 13.0. The summed E-state index contributed by atoms with van der Waals surface area (Å²) < 4.78 is 10.8. The van der Waals surface area contributed by atoms with Crippen LogP contribution in [0, 0.1) is 0 Å². The predicted octanol–water partition coefficient (Wildman–Crippen LogP) is 5.21. The number of anilines is 1. The van der Waals surface area contributed by atoms with E-state index in [1.807, 2.05) is 11.0 Å². The monoisotopic (exact) mass is 483 g/mol. The minimum Gasteiger partial charge on any atom is -0.497 e. The van der Waals surface area contributed by atoms with Gasteiger partial charge in [0.2, 0.25) is 0 Å². The number of amides is 2. The highest BCUT2D eigenvalue weighted by Gasteiger charge is 2.26. The van der Waals surface area contributed by atoms with Crippen LogP contribution in [0.4, 0.5) is 5.69 Å². The number of carbonyl (C=O) groups excluding carboxylic acids is 2. The lowest BCUT2D eigenvalue weighted by Crippen LogP contribution is -2.37. The lowest BCUT2D eigenvalue weighted by Gasteiger charge is -2.32. The summed E-state index contributed by atoms with van der Waals surface area (Å²) >= 11 is 0. The van der Waals surface area contributed by atoms with Gasteiger partial charge in [-0.3, -0.25) is 9.59 Å². The number of benzene rings is 3. The molecule has 1 aliphatic rings. The second-order valence-electron chi connectivity index (χ2n) is 8.95. The van der Waals surface area contributed by atoms with Crippen molar-refractivity contribution >= 4 is 28.4 Å². The topological polar surface area (TPSA) is 83.7 Å². The van der Waals surface area contributed by atoms with Crippen LogP contribution in [0.3, 0.4) is 0 Å². The molecule has 5 rings (SSSR count). The van der Waals surface area contributed by atoms with Crippen LogP contribution in [0.2, 0.25) is 0 Å². The number of likely N-dealkylation sites (tertiary alicyclic amines) is 1. The summed E-state index contributed by atoms with van der Waals surface area (Å²) in [6.07, 6.45) is 4.00. The molecule has 7 heteroatoms. The smallest absolute Gasteiger partial charge is 0.262 e. The number of nitrogens with one attached hydrogen (secondary N) is 2. The first-order chi connectivity index (χ1) is 17.6. The van der Waals surface area contributed by atoms with Crippen molar-refractivity contribution in [3.63, 3.8) is 0 Å². The van der Waals surface area contributed by atoms with E-state index in [-0.39, 0.29) is 18.4 Å². The highest BCUT2D eigenvalue weighted by molar-refractivity contribution is 5.94. The highest BCUT2D eigenvalue weighted by atomic mass is 16.5. The third-order valence-corrected chi connectivity index (χ3v) is 6.67. The van der Waals surface area contributed by atoms with E-state index in [1.54, 1.807) is 55.6 Å². The molecule has 2 N–H and O–H groups in total. The van der Waals surface area contributed by atoms with E-state index in [0.717, 1.165) is 31.4 Å². The van der Waals surface area contributed by atoms with E-state index in [0.29, 0.717) is 28.7 Å². The van der Waals surface area contributed by atoms with Gasteiger partial charge in [0.05, 0.1) is 7.11 Å². The number of carbonyl (C=O) groups is 2. The zero-order chi connectivity index (χ0) is 24.9. The zero-order valence-electron chi connectivity index (χ0n) is 20.2. The largest absolute Gasteiger partial charge is 0.497 e. The molecule has 1 fully saturated rings. The first kappa shape index (κ1) is 23.5. The number of ether oxygens (including phenoxy) is 2. The second kappa shape index (κ2) is 10.6. The third kappa shape index (κ3) is 5.20. The number of piperidine rings is 1. The van der Waals surface area contributed by atoms with Gasteiger partial charge in [-0.1, -0.05) is 24.3 Å². The maximum Gasteiger partial charge on any atom is 0.262 e. The lowest BCUT2D eigenvalue weighted by atomic mass is 9.89. The van der Waals surface area contributed by atoms with Gasteiger partial charge in [0.1, 0.15) is 11.5 Å².